The summed E-state index contributed by atoms with van der Waals surface area (Å²) in [7, 11) is 0. The van der Waals surface area contributed by atoms with Gasteiger partial charge in [0.1, 0.15) is 0 Å². The van der Waals surface area contributed by atoms with E-state index in [4.69, 9.17) is 5.26 Å². The molecule has 2 aromatic carbocycles. The van der Waals surface area contributed by atoms with E-state index in [1.54, 1.807) is 0 Å². The molecule has 136 valence electrons. The van der Waals surface area contributed by atoms with Crippen LogP contribution in [0.25, 0.3) is 16.5 Å². The molecular formula is C23H23N3S. The molecule has 0 atom stereocenters. The van der Waals surface area contributed by atoms with Crippen molar-refractivity contribution in [3.8, 4) is 6.07 Å². The Hall–Kier alpha value is -2.48. The molecule has 0 saturated carbocycles. The highest BCUT2D eigenvalue weighted by Crippen LogP contribution is 2.25. The molecule has 3 aromatic rings. The second kappa shape index (κ2) is 8.47. The van der Waals surface area contributed by atoms with Crippen LogP contribution in [0.5, 0.6) is 0 Å². The van der Waals surface area contributed by atoms with Crippen molar-refractivity contribution in [3.63, 3.8) is 0 Å². The molecule has 0 fully saturated rings. The van der Waals surface area contributed by atoms with Gasteiger partial charge in [-0.05, 0) is 41.3 Å². The minimum absolute atomic E-state index is 0.725. The minimum atomic E-state index is 0.725. The lowest BCUT2D eigenvalue weighted by molar-refractivity contribution is 0.321. The quantitative estimate of drug-likeness (QED) is 0.614. The smallest absolute Gasteiger partial charge is 0.0991 e. The summed E-state index contributed by atoms with van der Waals surface area (Å²) in [5, 5.41) is 10.3. The van der Waals surface area contributed by atoms with Gasteiger partial charge in [0, 0.05) is 48.2 Å². The van der Waals surface area contributed by atoms with Gasteiger partial charge in [-0.3, -0.25) is 4.90 Å². The second-order valence-electron chi connectivity index (χ2n) is 6.88. The van der Waals surface area contributed by atoms with Crippen molar-refractivity contribution >= 4 is 28.2 Å². The van der Waals surface area contributed by atoms with Gasteiger partial charge in [0.05, 0.1) is 11.6 Å². The summed E-state index contributed by atoms with van der Waals surface area (Å²) in [5.74, 6) is 2.10. The van der Waals surface area contributed by atoms with Gasteiger partial charge in [-0.25, -0.2) is 0 Å². The fourth-order valence-corrected chi connectivity index (χ4v) is 4.56. The van der Waals surface area contributed by atoms with E-state index < -0.39 is 0 Å². The first kappa shape index (κ1) is 17.9. The Kier molecular flexibility index (Phi) is 5.62. The molecule has 1 aromatic heterocycles. The van der Waals surface area contributed by atoms with E-state index in [1.165, 1.54) is 22.1 Å². The Morgan fingerprint density at radius 1 is 1.15 bits per heavy atom. The Morgan fingerprint density at radius 2 is 2.04 bits per heavy atom. The Morgan fingerprint density at radius 3 is 2.81 bits per heavy atom. The van der Waals surface area contributed by atoms with E-state index in [9.17, 15) is 0 Å². The molecule has 27 heavy (non-hydrogen) atoms. The lowest BCUT2D eigenvalue weighted by atomic mass is 10.00. The summed E-state index contributed by atoms with van der Waals surface area (Å²) in [6.45, 7) is 3.30. The van der Waals surface area contributed by atoms with Gasteiger partial charge >= 0.3 is 0 Å². The summed E-state index contributed by atoms with van der Waals surface area (Å²) >= 11 is 1.96. The maximum Gasteiger partial charge on any atom is 0.0991 e. The van der Waals surface area contributed by atoms with Crippen LogP contribution in [-0.4, -0.2) is 35.3 Å². The van der Waals surface area contributed by atoms with Crippen molar-refractivity contribution in [2.24, 2.45) is 0 Å². The van der Waals surface area contributed by atoms with Crippen molar-refractivity contribution < 1.29 is 0 Å². The van der Waals surface area contributed by atoms with Crippen LogP contribution in [0, 0.1) is 11.3 Å². The van der Waals surface area contributed by atoms with Gasteiger partial charge < -0.3 is 4.98 Å². The number of fused-ring (bicyclic) bond motifs is 1. The number of aromatic amines is 1. The average molecular weight is 374 g/mol. The third kappa shape index (κ3) is 4.27. The van der Waals surface area contributed by atoms with Crippen LogP contribution < -0.4 is 0 Å². The number of nitrogens with one attached hydrogen (secondary N) is 1. The van der Waals surface area contributed by atoms with Crippen LogP contribution in [-0.2, 0) is 5.75 Å². The van der Waals surface area contributed by atoms with Crippen molar-refractivity contribution in [1.29, 1.82) is 5.26 Å². The van der Waals surface area contributed by atoms with Crippen molar-refractivity contribution in [3.05, 3.63) is 77.5 Å². The number of benzene rings is 2. The second-order valence-corrected chi connectivity index (χ2v) is 7.99. The number of H-pyrrole nitrogens is 1. The largest absolute Gasteiger partial charge is 0.361 e. The van der Waals surface area contributed by atoms with E-state index in [-0.39, 0.29) is 0 Å². The van der Waals surface area contributed by atoms with Gasteiger partial charge in [0.15, 0.2) is 0 Å². The van der Waals surface area contributed by atoms with Crippen LogP contribution in [0.3, 0.4) is 0 Å². The fraction of sp³-hybridized carbons (Fsp3) is 0.261. The summed E-state index contributed by atoms with van der Waals surface area (Å²) in [6, 6.07) is 18.8. The van der Waals surface area contributed by atoms with Gasteiger partial charge in [-0.1, -0.05) is 36.4 Å². The predicted molar refractivity (Wildman–Crippen MR) is 115 cm³/mol. The number of hydrogen-bond acceptors (Lipinski definition) is 3. The van der Waals surface area contributed by atoms with Crippen LogP contribution in [0.4, 0.5) is 0 Å². The number of hydrogen-bond donors (Lipinski definition) is 1. The van der Waals surface area contributed by atoms with E-state index in [1.807, 2.05) is 30.0 Å². The molecule has 4 heteroatoms. The van der Waals surface area contributed by atoms with Crippen LogP contribution in [0.15, 0.2) is 60.8 Å². The molecule has 0 bridgehead atoms. The van der Waals surface area contributed by atoms with Crippen LogP contribution >= 0.6 is 11.8 Å². The molecule has 0 radical (unpaired) electrons. The van der Waals surface area contributed by atoms with E-state index >= 15 is 0 Å². The third-order valence-corrected chi connectivity index (χ3v) is 6.13. The molecule has 0 saturated heterocycles. The number of thioether (sulfide) groups is 1. The molecule has 1 N–H and O–H groups in total. The minimum Gasteiger partial charge on any atom is -0.361 e. The van der Waals surface area contributed by atoms with Gasteiger partial charge in [0.2, 0.25) is 0 Å². The van der Waals surface area contributed by atoms with Gasteiger partial charge in [0.25, 0.3) is 0 Å². The lowest BCUT2D eigenvalue weighted by Crippen LogP contribution is -2.30. The van der Waals surface area contributed by atoms with Crippen LogP contribution in [0.2, 0.25) is 0 Å². The highest BCUT2D eigenvalue weighted by molar-refractivity contribution is 7.98. The number of aromatic nitrogens is 1. The van der Waals surface area contributed by atoms with Crippen molar-refractivity contribution in [1.82, 2.24) is 9.88 Å². The van der Waals surface area contributed by atoms with Crippen molar-refractivity contribution in [2.45, 2.75) is 12.2 Å². The molecule has 0 amide bonds. The standard InChI is InChI=1S/C23H23N3S/c24-15-18-6-7-23-22(14-18)21(16-25-23)17-27-13-12-26-10-8-20(9-11-26)19-4-2-1-3-5-19/h1-8,14,16,25H,9-13,17H2. The maximum atomic E-state index is 9.10. The maximum absolute atomic E-state index is 9.10. The zero-order valence-corrected chi connectivity index (χ0v) is 16.1. The first-order chi connectivity index (χ1) is 13.3. The Balaban J connectivity index is 1.27. The number of rotatable bonds is 6. The molecule has 4 rings (SSSR count). The van der Waals surface area contributed by atoms with Gasteiger partial charge in [-0.15, -0.1) is 0 Å². The zero-order valence-electron chi connectivity index (χ0n) is 15.3. The monoisotopic (exact) mass is 373 g/mol. The number of nitriles is 1. The first-order valence-electron chi connectivity index (χ1n) is 9.38. The summed E-state index contributed by atoms with van der Waals surface area (Å²) < 4.78 is 0. The van der Waals surface area contributed by atoms with Crippen LogP contribution in [0.1, 0.15) is 23.1 Å². The topological polar surface area (TPSA) is 42.8 Å². The SMILES string of the molecule is N#Cc1ccc2[nH]cc(CSCCN3CC=C(c4ccccc4)CC3)c2c1. The van der Waals surface area contributed by atoms with E-state index in [0.717, 1.165) is 48.6 Å². The van der Waals surface area contributed by atoms with Crippen molar-refractivity contribution in [2.75, 3.05) is 25.4 Å². The first-order valence-corrected chi connectivity index (χ1v) is 10.5. The summed E-state index contributed by atoms with van der Waals surface area (Å²) in [4.78, 5) is 5.84. The highest BCUT2D eigenvalue weighted by atomic mass is 32.2. The predicted octanol–water partition coefficient (Wildman–Crippen LogP) is 5.06. The molecule has 1 aliphatic heterocycles. The molecule has 0 spiro atoms. The van der Waals surface area contributed by atoms with Gasteiger partial charge in [-0.2, -0.15) is 17.0 Å². The Bertz CT molecular complexity index is 982. The lowest BCUT2D eigenvalue weighted by Gasteiger charge is -2.26. The third-order valence-electron chi connectivity index (χ3n) is 5.14. The molecule has 0 unspecified atom stereocenters. The molecular weight excluding hydrogens is 350 g/mol. The molecule has 3 nitrogen and oxygen atoms in total. The Labute approximate surface area is 164 Å². The highest BCUT2D eigenvalue weighted by Gasteiger charge is 2.12. The molecule has 1 aliphatic rings. The normalized spacial score (nSPS) is 14.9. The molecule has 2 heterocycles. The van der Waals surface area contributed by atoms with E-state index in [2.05, 4.69) is 58.6 Å². The summed E-state index contributed by atoms with van der Waals surface area (Å²) in [6.07, 6.45) is 5.59. The molecule has 0 aliphatic carbocycles. The summed E-state index contributed by atoms with van der Waals surface area (Å²) in [5.41, 5.74) is 5.97. The number of nitrogens with zero attached hydrogens (tertiary/aromatic N) is 2. The van der Waals surface area contributed by atoms with E-state index in [0.29, 0.717) is 0 Å². The average Bonchev–Trinajstić information content (AvgIpc) is 3.14. The fourth-order valence-electron chi connectivity index (χ4n) is 3.57. The zero-order chi connectivity index (χ0) is 18.5.